The van der Waals surface area contributed by atoms with E-state index in [4.69, 9.17) is 5.11 Å². The van der Waals surface area contributed by atoms with E-state index in [0.29, 0.717) is 4.47 Å². The molecule has 1 N–H and O–H groups in total. The third kappa shape index (κ3) is 3.68. The number of aromatic carboxylic acids is 1. The van der Waals surface area contributed by atoms with Gasteiger partial charge in [0, 0.05) is 4.47 Å². The van der Waals surface area contributed by atoms with Crippen LogP contribution in [-0.2, 0) is 15.6 Å². The summed E-state index contributed by atoms with van der Waals surface area (Å²) in [4.78, 5) is 10.8. The Morgan fingerprint density at radius 3 is 2.52 bits per heavy atom. The quantitative estimate of drug-likeness (QED) is 0.893. The van der Waals surface area contributed by atoms with Crippen molar-refractivity contribution in [3.63, 3.8) is 0 Å². The van der Waals surface area contributed by atoms with Crippen LogP contribution in [0.15, 0.2) is 51.8 Å². The molecule has 0 aromatic heterocycles. The van der Waals surface area contributed by atoms with Gasteiger partial charge in [-0.2, -0.15) is 0 Å². The van der Waals surface area contributed by atoms with Crippen molar-refractivity contribution in [1.82, 2.24) is 0 Å². The maximum absolute atomic E-state index is 13.1. The van der Waals surface area contributed by atoms with Gasteiger partial charge in [0.2, 0.25) is 0 Å². The zero-order chi connectivity index (χ0) is 15.6. The fourth-order valence-corrected chi connectivity index (χ4v) is 3.94. The summed E-state index contributed by atoms with van der Waals surface area (Å²) in [5.41, 5.74) is -0.0547. The molecule has 2 aromatic carbocycles. The molecule has 2 aromatic rings. The Hall–Kier alpha value is -1.73. The second kappa shape index (κ2) is 5.95. The predicted octanol–water partition coefficient (Wildman–Crippen LogP) is 3.26. The Morgan fingerprint density at radius 2 is 1.90 bits per heavy atom. The lowest BCUT2D eigenvalue weighted by molar-refractivity contribution is 0.0692. The molecule has 0 aliphatic carbocycles. The fraction of sp³-hybridized carbons (Fsp3) is 0.0714. The fourth-order valence-electron chi connectivity index (χ4n) is 1.85. The lowest BCUT2D eigenvalue weighted by Gasteiger charge is -2.09. The molecule has 0 radical (unpaired) electrons. The second-order valence-electron chi connectivity index (χ2n) is 4.33. The SMILES string of the molecule is O=C(O)c1ccc(Br)cc1S(=O)(=O)Cc1cccc(F)c1. The zero-order valence-electron chi connectivity index (χ0n) is 10.6. The van der Waals surface area contributed by atoms with Crippen LogP contribution < -0.4 is 0 Å². The van der Waals surface area contributed by atoms with Crippen LogP contribution in [0, 0.1) is 5.82 Å². The van der Waals surface area contributed by atoms with Crippen LogP contribution >= 0.6 is 15.9 Å². The molecule has 0 fully saturated rings. The highest BCUT2D eigenvalue weighted by molar-refractivity contribution is 9.10. The molecule has 0 bridgehead atoms. The van der Waals surface area contributed by atoms with E-state index in [-0.39, 0.29) is 16.0 Å². The molecule has 0 saturated carbocycles. The van der Waals surface area contributed by atoms with Gasteiger partial charge in [0.05, 0.1) is 16.2 Å². The molecule has 0 atom stereocenters. The molecule has 0 saturated heterocycles. The summed E-state index contributed by atoms with van der Waals surface area (Å²) in [7, 11) is -3.91. The molecule has 0 amide bonds. The van der Waals surface area contributed by atoms with Crippen LogP contribution in [0.4, 0.5) is 4.39 Å². The highest BCUT2D eigenvalue weighted by atomic mass is 79.9. The average molecular weight is 373 g/mol. The Bertz CT molecular complexity index is 802. The Labute approximate surface area is 129 Å². The van der Waals surface area contributed by atoms with E-state index in [1.807, 2.05) is 0 Å². The van der Waals surface area contributed by atoms with Gasteiger partial charge in [-0.15, -0.1) is 0 Å². The monoisotopic (exact) mass is 372 g/mol. The smallest absolute Gasteiger partial charge is 0.337 e. The molecule has 21 heavy (non-hydrogen) atoms. The van der Waals surface area contributed by atoms with Gasteiger partial charge in [-0.3, -0.25) is 0 Å². The van der Waals surface area contributed by atoms with Crippen molar-refractivity contribution in [3.05, 3.63) is 63.9 Å². The number of rotatable bonds is 4. The third-order valence-electron chi connectivity index (χ3n) is 2.75. The molecule has 0 heterocycles. The molecule has 4 nitrogen and oxygen atoms in total. The summed E-state index contributed by atoms with van der Waals surface area (Å²) >= 11 is 3.12. The lowest BCUT2D eigenvalue weighted by atomic mass is 10.2. The molecule has 2 rings (SSSR count). The summed E-state index contributed by atoms with van der Waals surface area (Å²) in [6.45, 7) is 0. The van der Waals surface area contributed by atoms with Gasteiger partial charge in [-0.05, 0) is 35.9 Å². The first-order valence-corrected chi connectivity index (χ1v) is 8.24. The number of hydrogen-bond donors (Lipinski definition) is 1. The van der Waals surface area contributed by atoms with Crippen molar-refractivity contribution in [2.45, 2.75) is 10.6 Å². The number of sulfone groups is 1. The van der Waals surface area contributed by atoms with Gasteiger partial charge in [0.1, 0.15) is 5.82 Å². The Balaban J connectivity index is 2.49. The van der Waals surface area contributed by atoms with E-state index in [0.717, 1.165) is 6.07 Å². The van der Waals surface area contributed by atoms with Crippen molar-refractivity contribution >= 4 is 31.7 Å². The zero-order valence-corrected chi connectivity index (χ0v) is 13.0. The molecule has 0 aliphatic rings. The summed E-state index contributed by atoms with van der Waals surface area (Å²) in [6, 6.07) is 9.08. The summed E-state index contributed by atoms with van der Waals surface area (Å²) in [5, 5.41) is 9.09. The van der Waals surface area contributed by atoms with E-state index in [1.165, 1.54) is 36.4 Å². The average Bonchev–Trinajstić information content (AvgIpc) is 2.37. The van der Waals surface area contributed by atoms with E-state index in [1.54, 1.807) is 0 Å². The van der Waals surface area contributed by atoms with Crippen LogP contribution in [0.1, 0.15) is 15.9 Å². The number of benzene rings is 2. The largest absolute Gasteiger partial charge is 0.478 e. The third-order valence-corrected chi connectivity index (χ3v) is 4.97. The Kier molecular flexibility index (Phi) is 4.43. The maximum atomic E-state index is 13.1. The van der Waals surface area contributed by atoms with Crippen LogP contribution in [0.25, 0.3) is 0 Å². The van der Waals surface area contributed by atoms with Gasteiger partial charge in [-0.1, -0.05) is 28.1 Å². The maximum Gasteiger partial charge on any atom is 0.337 e. The number of carboxylic acid groups (broad SMARTS) is 1. The van der Waals surface area contributed by atoms with Crippen molar-refractivity contribution in [1.29, 1.82) is 0 Å². The summed E-state index contributed by atoms with van der Waals surface area (Å²) < 4.78 is 38.3. The van der Waals surface area contributed by atoms with Crippen molar-refractivity contribution < 1.29 is 22.7 Å². The minimum absolute atomic E-state index is 0.256. The summed E-state index contributed by atoms with van der Waals surface area (Å²) in [6.07, 6.45) is 0. The van der Waals surface area contributed by atoms with E-state index >= 15 is 0 Å². The van der Waals surface area contributed by atoms with Crippen molar-refractivity contribution in [3.8, 4) is 0 Å². The van der Waals surface area contributed by atoms with Crippen molar-refractivity contribution in [2.75, 3.05) is 0 Å². The van der Waals surface area contributed by atoms with Gasteiger partial charge in [-0.25, -0.2) is 17.6 Å². The molecule has 0 spiro atoms. The minimum Gasteiger partial charge on any atom is -0.478 e. The van der Waals surface area contributed by atoms with E-state index < -0.39 is 27.4 Å². The molecular weight excluding hydrogens is 363 g/mol. The van der Waals surface area contributed by atoms with E-state index in [9.17, 15) is 17.6 Å². The van der Waals surface area contributed by atoms with Gasteiger partial charge < -0.3 is 5.11 Å². The number of carboxylic acids is 1. The van der Waals surface area contributed by atoms with Gasteiger partial charge in [0.25, 0.3) is 0 Å². The van der Waals surface area contributed by atoms with Crippen molar-refractivity contribution in [2.24, 2.45) is 0 Å². The topological polar surface area (TPSA) is 71.4 Å². The van der Waals surface area contributed by atoms with Gasteiger partial charge >= 0.3 is 5.97 Å². The van der Waals surface area contributed by atoms with Crippen LogP contribution in [0.2, 0.25) is 0 Å². The van der Waals surface area contributed by atoms with Crippen LogP contribution in [0.5, 0.6) is 0 Å². The second-order valence-corrected chi connectivity index (χ2v) is 7.21. The lowest BCUT2D eigenvalue weighted by Crippen LogP contribution is -2.11. The minimum atomic E-state index is -3.91. The van der Waals surface area contributed by atoms with Crippen LogP contribution in [-0.4, -0.2) is 19.5 Å². The number of carbonyl (C=O) groups is 1. The normalized spacial score (nSPS) is 11.3. The molecule has 110 valence electrons. The van der Waals surface area contributed by atoms with Crippen LogP contribution in [0.3, 0.4) is 0 Å². The highest BCUT2D eigenvalue weighted by Gasteiger charge is 2.23. The first-order valence-electron chi connectivity index (χ1n) is 5.79. The molecular formula is C14H10BrFO4S. The number of halogens is 2. The molecule has 0 unspecified atom stereocenters. The standard InChI is InChI=1S/C14H10BrFO4S/c15-10-4-5-12(14(17)18)13(7-10)21(19,20)8-9-2-1-3-11(16)6-9/h1-7H,8H2,(H,17,18). The van der Waals surface area contributed by atoms with E-state index in [2.05, 4.69) is 15.9 Å². The predicted molar refractivity (Wildman–Crippen MR) is 78.4 cm³/mol. The highest BCUT2D eigenvalue weighted by Crippen LogP contribution is 2.25. The summed E-state index contributed by atoms with van der Waals surface area (Å²) in [5.74, 6) is -2.35. The molecule has 7 heteroatoms. The number of hydrogen-bond acceptors (Lipinski definition) is 3. The van der Waals surface area contributed by atoms with Gasteiger partial charge in [0.15, 0.2) is 9.84 Å². The first-order chi connectivity index (χ1) is 9.79. The molecule has 0 aliphatic heterocycles. The Morgan fingerprint density at radius 1 is 1.19 bits per heavy atom. The first kappa shape index (κ1) is 15.7.